The second-order valence-corrected chi connectivity index (χ2v) is 5.94. The van der Waals surface area contributed by atoms with Crippen LogP contribution in [0.1, 0.15) is 24.6 Å². The van der Waals surface area contributed by atoms with Gasteiger partial charge in [-0.05, 0) is 26.9 Å². The van der Waals surface area contributed by atoms with Crippen LogP contribution in [0.5, 0.6) is 0 Å². The maximum absolute atomic E-state index is 11.2. The maximum atomic E-state index is 11.2. The number of nitrogens with two attached hydrogens (primary N) is 1. The van der Waals surface area contributed by atoms with Crippen LogP contribution in [0.4, 0.5) is 0 Å². The third-order valence-electron chi connectivity index (χ3n) is 2.45. The SMILES string of the molecule is CN(C)Cc1cc(S(N)(=O)=O)nn1C1CC1. The van der Waals surface area contributed by atoms with Crippen LogP contribution in [-0.2, 0) is 16.6 Å². The minimum atomic E-state index is -3.70. The smallest absolute Gasteiger partial charge is 0.257 e. The average Bonchev–Trinajstić information content (AvgIpc) is 2.86. The number of sulfonamides is 1. The molecular weight excluding hydrogens is 228 g/mol. The summed E-state index contributed by atoms with van der Waals surface area (Å²) in [5, 5.41) is 9.12. The van der Waals surface area contributed by atoms with Crippen molar-refractivity contribution >= 4 is 10.0 Å². The molecule has 16 heavy (non-hydrogen) atoms. The molecule has 1 aromatic rings. The van der Waals surface area contributed by atoms with Gasteiger partial charge in [0.25, 0.3) is 10.0 Å². The highest BCUT2D eigenvalue weighted by atomic mass is 32.2. The summed E-state index contributed by atoms with van der Waals surface area (Å²) in [7, 11) is 0.166. The van der Waals surface area contributed by atoms with Crippen LogP contribution in [0.3, 0.4) is 0 Å². The first kappa shape index (κ1) is 11.6. The topological polar surface area (TPSA) is 81.2 Å². The van der Waals surface area contributed by atoms with E-state index in [9.17, 15) is 8.42 Å². The van der Waals surface area contributed by atoms with Crippen LogP contribution < -0.4 is 5.14 Å². The Labute approximate surface area is 95.1 Å². The van der Waals surface area contributed by atoms with Gasteiger partial charge < -0.3 is 4.90 Å². The van der Waals surface area contributed by atoms with Crippen molar-refractivity contribution < 1.29 is 8.42 Å². The zero-order valence-electron chi connectivity index (χ0n) is 9.42. The molecule has 2 N–H and O–H groups in total. The highest BCUT2D eigenvalue weighted by Crippen LogP contribution is 2.36. The molecule has 1 aromatic heterocycles. The van der Waals surface area contributed by atoms with Gasteiger partial charge in [0, 0.05) is 12.6 Å². The van der Waals surface area contributed by atoms with E-state index in [1.165, 1.54) is 0 Å². The van der Waals surface area contributed by atoms with E-state index in [1.807, 2.05) is 19.0 Å². The van der Waals surface area contributed by atoms with E-state index in [0.717, 1.165) is 18.5 Å². The first-order valence-corrected chi connectivity index (χ1v) is 6.68. The lowest BCUT2D eigenvalue weighted by Crippen LogP contribution is -2.15. The van der Waals surface area contributed by atoms with E-state index in [-0.39, 0.29) is 5.03 Å². The number of nitrogens with zero attached hydrogens (tertiary/aromatic N) is 3. The Bertz CT molecular complexity index is 488. The second-order valence-electron chi connectivity index (χ2n) is 4.43. The lowest BCUT2D eigenvalue weighted by atomic mass is 10.4. The van der Waals surface area contributed by atoms with Gasteiger partial charge in [0.15, 0.2) is 5.03 Å². The fourth-order valence-corrected chi connectivity index (χ4v) is 2.13. The molecule has 0 atom stereocenters. The standard InChI is InChI=1S/C9H16N4O2S/c1-12(2)6-8-5-9(16(10,14)15)11-13(8)7-3-4-7/h5,7H,3-4,6H2,1-2H3,(H2,10,14,15). The zero-order chi connectivity index (χ0) is 11.9. The molecule has 0 bridgehead atoms. The van der Waals surface area contributed by atoms with Crippen LogP contribution >= 0.6 is 0 Å². The normalized spacial score (nSPS) is 17.0. The minimum Gasteiger partial charge on any atom is -0.304 e. The monoisotopic (exact) mass is 244 g/mol. The predicted molar refractivity (Wildman–Crippen MR) is 59.3 cm³/mol. The van der Waals surface area contributed by atoms with E-state index in [1.54, 1.807) is 10.7 Å². The number of aromatic nitrogens is 2. The summed E-state index contributed by atoms with van der Waals surface area (Å²) in [4.78, 5) is 1.98. The average molecular weight is 244 g/mol. The molecule has 0 spiro atoms. The predicted octanol–water partition coefficient (Wildman–Crippen LogP) is -0.0730. The van der Waals surface area contributed by atoms with E-state index in [4.69, 9.17) is 5.14 Å². The number of primary sulfonamides is 1. The fourth-order valence-electron chi connectivity index (χ4n) is 1.62. The fraction of sp³-hybridized carbons (Fsp3) is 0.667. The minimum absolute atomic E-state index is 0.0312. The van der Waals surface area contributed by atoms with Crippen molar-refractivity contribution in [3.05, 3.63) is 11.8 Å². The highest BCUT2D eigenvalue weighted by molar-refractivity contribution is 7.89. The Morgan fingerprint density at radius 3 is 2.62 bits per heavy atom. The van der Waals surface area contributed by atoms with E-state index in [0.29, 0.717) is 12.6 Å². The Hall–Kier alpha value is -0.920. The van der Waals surface area contributed by atoms with Gasteiger partial charge in [-0.1, -0.05) is 0 Å². The molecule has 7 heteroatoms. The van der Waals surface area contributed by atoms with Crippen LogP contribution in [0.2, 0.25) is 0 Å². The molecule has 0 unspecified atom stereocenters. The van der Waals surface area contributed by atoms with E-state index < -0.39 is 10.0 Å². The Morgan fingerprint density at radius 1 is 1.56 bits per heavy atom. The molecule has 1 fully saturated rings. The summed E-state index contributed by atoms with van der Waals surface area (Å²) in [6, 6.07) is 1.92. The summed E-state index contributed by atoms with van der Waals surface area (Å²) in [6.07, 6.45) is 2.12. The van der Waals surface area contributed by atoms with Crippen LogP contribution in [-0.4, -0.2) is 37.2 Å². The molecule has 0 aromatic carbocycles. The number of rotatable bonds is 4. The molecule has 2 rings (SSSR count). The van der Waals surface area contributed by atoms with Gasteiger partial charge in [-0.2, -0.15) is 5.10 Å². The molecule has 1 saturated carbocycles. The molecule has 6 nitrogen and oxygen atoms in total. The van der Waals surface area contributed by atoms with Gasteiger partial charge in [-0.15, -0.1) is 0 Å². The molecule has 0 radical (unpaired) electrons. The lowest BCUT2D eigenvalue weighted by Gasteiger charge is -2.10. The Morgan fingerprint density at radius 2 is 2.19 bits per heavy atom. The molecule has 0 aliphatic heterocycles. The first-order chi connectivity index (χ1) is 7.38. The maximum Gasteiger partial charge on any atom is 0.257 e. The van der Waals surface area contributed by atoms with Gasteiger partial charge in [-0.3, -0.25) is 4.68 Å². The van der Waals surface area contributed by atoms with Crippen molar-refractivity contribution in [2.24, 2.45) is 5.14 Å². The third-order valence-corrected chi connectivity index (χ3v) is 3.24. The van der Waals surface area contributed by atoms with Crippen LogP contribution in [0, 0.1) is 0 Å². The van der Waals surface area contributed by atoms with Crippen molar-refractivity contribution in [1.29, 1.82) is 0 Å². The summed E-state index contributed by atoms with van der Waals surface area (Å²) in [5.74, 6) is 0. The Kier molecular flexibility index (Phi) is 2.77. The summed E-state index contributed by atoms with van der Waals surface area (Å²) in [6.45, 7) is 0.666. The molecule has 1 heterocycles. The second kappa shape index (κ2) is 3.83. The van der Waals surface area contributed by atoms with Gasteiger partial charge in [0.2, 0.25) is 0 Å². The van der Waals surface area contributed by atoms with Gasteiger partial charge in [0.1, 0.15) is 0 Å². The summed E-state index contributed by atoms with van der Waals surface area (Å²) < 4.78 is 24.2. The van der Waals surface area contributed by atoms with Crippen LogP contribution in [0.15, 0.2) is 11.1 Å². The van der Waals surface area contributed by atoms with Crippen molar-refractivity contribution in [3.8, 4) is 0 Å². The van der Waals surface area contributed by atoms with E-state index >= 15 is 0 Å². The molecule has 90 valence electrons. The highest BCUT2D eigenvalue weighted by Gasteiger charge is 2.29. The molecule has 1 aliphatic rings. The summed E-state index contributed by atoms with van der Waals surface area (Å²) >= 11 is 0. The van der Waals surface area contributed by atoms with Crippen molar-refractivity contribution in [3.63, 3.8) is 0 Å². The molecule has 0 amide bonds. The first-order valence-electron chi connectivity index (χ1n) is 5.14. The van der Waals surface area contributed by atoms with Crippen molar-refractivity contribution in [2.45, 2.75) is 30.5 Å². The zero-order valence-corrected chi connectivity index (χ0v) is 10.2. The van der Waals surface area contributed by atoms with Crippen molar-refractivity contribution in [1.82, 2.24) is 14.7 Å². The lowest BCUT2D eigenvalue weighted by molar-refractivity contribution is 0.381. The third kappa shape index (κ3) is 2.42. The van der Waals surface area contributed by atoms with Crippen molar-refractivity contribution in [2.75, 3.05) is 14.1 Å². The Balaban J connectivity index is 2.38. The quantitative estimate of drug-likeness (QED) is 0.803. The van der Waals surface area contributed by atoms with Crippen LogP contribution in [0.25, 0.3) is 0 Å². The van der Waals surface area contributed by atoms with Gasteiger partial charge in [0.05, 0.1) is 11.7 Å². The summed E-state index contributed by atoms with van der Waals surface area (Å²) in [5.41, 5.74) is 0.900. The van der Waals surface area contributed by atoms with Gasteiger partial charge in [-0.25, -0.2) is 13.6 Å². The molecule has 0 saturated heterocycles. The van der Waals surface area contributed by atoms with E-state index in [2.05, 4.69) is 5.10 Å². The molecule has 1 aliphatic carbocycles. The number of hydrogen-bond acceptors (Lipinski definition) is 4. The number of hydrogen-bond donors (Lipinski definition) is 1. The largest absolute Gasteiger partial charge is 0.304 e. The molecular formula is C9H16N4O2S. The van der Waals surface area contributed by atoms with Gasteiger partial charge >= 0.3 is 0 Å².